The number of carbonyl (C=O) groups excluding carboxylic acids is 3. The van der Waals surface area contributed by atoms with Crippen molar-refractivity contribution in [1.82, 2.24) is 0 Å². The minimum atomic E-state index is -2.09. The molecule has 0 bridgehead atoms. The van der Waals surface area contributed by atoms with E-state index in [4.69, 9.17) is 14.2 Å². The number of hydrogen-bond acceptors (Lipinski definition) is 6. The normalized spacial score (nSPS) is 10.7. The lowest BCUT2D eigenvalue weighted by Crippen LogP contribution is -2.48. The quantitative estimate of drug-likeness (QED) is 0.122. The molecule has 0 fully saturated rings. The Kier molecular flexibility index (Phi) is 12.7. The molecule has 0 aliphatic rings. The number of esters is 3. The molecule has 0 spiro atoms. The van der Waals surface area contributed by atoms with Crippen molar-refractivity contribution in [2.24, 2.45) is 0 Å². The van der Waals surface area contributed by atoms with Gasteiger partial charge in [-0.2, -0.15) is 0 Å². The molecule has 174 valence electrons. The van der Waals surface area contributed by atoms with E-state index in [1.165, 1.54) is 10.8 Å². The van der Waals surface area contributed by atoms with Crippen LogP contribution < -0.4 is 5.19 Å². The van der Waals surface area contributed by atoms with Crippen molar-refractivity contribution >= 4 is 31.2 Å². The Labute approximate surface area is 192 Å². The van der Waals surface area contributed by atoms with Crippen molar-refractivity contribution in [3.05, 3.63) is 67.8 Å². The third-order valence-corrected chi connectivity index (χ3v) is 10.8. The van der Waals surface area contributed by atoms with Crippen LogP contribution in [0.5, 0.6) is 0 Å². The Morgan fingerprint density at radius 2 is 1.06 bits per heavy atom. The summed E-state index contributed by atoms with van der Waals surface area (Å²) >= 11 is 0. The molecule has 0 aromatic heterocycles. The molecule has 32 heavy (non-hydrogen) atoms. The van der Waals surface area contributed by atoms with Gasteiger partial charge in [-0.25, -0.2) is 14.4 Å². The predicted octanol–water partition coefficient (Wildman–Crippen LogP) is 4.01. The number of ether oxygens (including phenoxy) is 3. The minimum Gasteiger partial charge on any atom is -0.463 e. The summed E-state index contributed by atoms with van der Waals surface area (Å²) in [5, 5.41) is 1.29. The Hall–Kier alpha value is -2.93. The van der Waals surface area contributed by atoms with Gasteiger partial charge in [-0.15, -0.1) is 0 Å². The van der Waals surface area contributed by atoms with Gasteiger partial charge in [0.05, 0.1) is 27.9 Å². The van der Waals surface area contributed by atoms with Gasteiger partial charge < -0.3 is 14.2 Å². The predicted molar refractivity (Wildman–Crippen MR) is 128 cm³/mol. The van der Waals surface area contributed by atoms with Crippen molar-refractivity contribution < 1.29 is 28.6 Å². The van der Waals surface area contributed by atoms with Gasteiger partial charge in [-0.3, -0.25) is 0 Å². The van der Waals surface area contributed by atoms with Gasteiger partial charge >= 0.3 is 17.9 Å². The highest BCUT2D eigenvalue weighted by atomic mass is 28.3. The molecule has 1 aromatic carbocycles. The van der Waals surface area contributed by atoms with Crippen molar-refractivity contribution in [3.8, 4) is 0 Å². The fourth-order valence-electron chi connectivity index (χ4n) is 3.64. The SMILES string of the molecule is C=CC(=O)OCCC[Si](CCCOC(=O)C=C)(CCCOC(=O)C=C)c1ccc(C)cc1. The minimum absolute atomic E-state index is 0.322. The van der Waals surface area contributed by atoms with Gasteiger partial charge in [0.1, 0.15) is 0 Å². The third-order valence-electron chi connectivity index (χ3n) is 5.30. The Morgan fingerprint density at radius 1 is 0.719 bits per heavy atom. The lowest BCUT2D eigenvalue weighted by atomic mass is 10.2. The first-order valence-corrected chi connectivity index (χ1v) is 13.4. The zero-order valence-electron chi connectivity index (χ0n) is 19.0. The number of hydrogen-bond donors (Lipinski definition) is 0. The average Bonchev–Trinajstić information content (AvgIpc) is 2.81. The molecule has 1 aromatic rings. The van der Waals surface area contributed by atoms with Crippen molar-refractivity contribution in [2.75, 3.05) is 19.8 Å². The number of aryl methyl sites for hydroxylation is 1. The van der Waals surface area contributed by atoms with E-state index in [9.17, 15) is 14.4 Å². The zero-order valence-corrected chi connectivity index (χ0v) is 20.0. The highest BCUT2D eigenvalue weighted by Gasteiger charge is 2.34. The van der Waals surface area contributed by atoms with Crippen LogP contribution in [0.1, 0.15) is 24.8 Å². The Bertz CT molecular complexity index is 715. The van der Waals surface area contributed by atoms with Crippen LogP contribution in [0, 0.1) is 6.92 Å². The lowest BCUT2D eigenvalue weighted by molar-refractivity contribution is -0.138. The van der Waals surface area contributed by atoms with Crippen LogP contribution in [0.2, 0.25) is 18.1 Å². The van der Waals surface area contributed by atoms with Gasteiger partial charge in [0.2, 0.25) is 0 Å². The van der Waals surface area contributed by atoms with Crippen LogP contribution >= 0.6 is 0 Å². The van der Waals surface area contributed by atoms with Gasteiger partial charge in [-0.05, 0) is 44.3 Å². The van der Waals surface area contributed by atoms with E-state index in [0.717, 1.165) is 55.6 Å². The fraction of sp³-hybridized carbons (Fsp3) is 0.400. The van der Waals surface area contributed by atoms with Gasteiger partial charge in [0, 0.05) is 18.2 Å². The van der Waals surface area contributed by atoms with Gasteiger partial charge in [-0.1, -0.05) is 54.8 Å². The second-order valence-electron chi connectivity index (χ2n) is 7.57. The highest BCUT2D eigenvalue weighted by Crippen LogP contribution is 2.27. The fourth-order valence-corrected chi connectivity index (χ4v) is 8.60. The first kappa shape index (κ1) is 27.1. The molecular formula is C25H34O6Si. The van der Waals surface area contributed by atoms with Crippen LogP contribution in [0.3, 0.4) is 0 Å². The first-order chi connectivity index (χ1) is 15.4. The smallest absolute Gasteiger partial charge is 0.330 e. The van der Waals surface area contributed by atoms with Crippen molar-refractivity contribution in [3.63, 3.8) is 0 Å². The molecule has 0 unspecified atom stereocenters. The van der Waals surface area contributed by atoms with E-state index in [1.54, 1.807) is 0 Å². The summed E-state index contributed by atoms with van der Waals surface area (Å²) in [4.78, 5) is 34.2. The summed E-state index contributed by atoms with van der Waals surface area (Å²) in [6.07, 6.45) is 5.64. The van der Waals surface area contributed by atoms with E-state index < -0.39 is 26.0 Å². The average molecular weight is 459 g/mol. The van der Waals surface area contributed by atoms with Crippen LogP contribution in [0.15, 0.2) is 62.2 Å². The van der Waals surface area contributed by atoms with E-state index in [1.807, 2.05) is 6.92 Å². The Balaban J connectivity index is 2.99. The molecule has 0 atom stereocenters. The molecule has 0 aliphatic carbocycles. The molecule has 0 heterocycles. The molecule has 0 aliphatic heterocycles. The van der Waals surface area contributed by atoms with Crippen molar-refractivity contribution in [1.29, 1.82) is 0 Å². The van der Waals surface area contributed by atoms with E-state index in [0.29, 0.717) is 19.8 Å². The summed E-state index contributed by atoms with van der Waals surface area (Å²) in [5.41, 5.74) is 1.18. The summed E-state index contributed by atoms with van der Waals surface area (Å²) in [5.74, 6) is -1.29. The Morgan fingerprint density at radius 3 is 1.38 bits per heavy atom. The lowest BCUT2D eigenvalue weighted by Gasteiger charge is -2.33. The highest BCUT2D eigenvalue weighted by molar-refractivity contribution is 6.91. The zero-order chi connectivity index (χ0) is 23.8. The standard InChI is InChI=1S/C25H34O6Si/c1-5-23(26)29-15-8-18-32(19-9-16-30-24(27)6-2,20-10-17-31-25(28)7-3)22-13-11-21(4)12-14-22/h5-7,11-14H,1-3,8-10,15-20H2,4H3. The summed E-state index contributed by atoms with van der Waals surface area (Å²) in [7, 11) is -2.09. The van der Waals surface area contributed by atoms with Crippen LogP contribution in [0.25, 0.3) is 0 Å². The third kappa shape index (κ3) is 9.92. The monoisotopic (exact) mass is 458 g/mol. The van der Waals surface area contributed by atoms with Gasteiger partial charge in [0.25, 0.3) is 0 Å². The maximum absolute atomic E-state index is 11.4. The molecule has 0 radical (unpaired) electrons. The topological polar surface area (TPSA) is 78.9 Å². The molecule has 7 heteroatoms. The second-order valence-corrected chi connectivity index (χ2v) is 12.2. The maximum Gasteiger partial charge on any atom is 0.330 e. The summed E-state index contributed by atoms with van der Waals surface area (Å²) in [6.45, 7) is 13.3. The largest absolute Gasteiger partial charge is 0.463 e. The summed E-state index contributed by atoms with van der Waals surface area (Å²) < 4.78 is 15.6. The molecular weight excluding hydrogens is 424 g/mol. The number of benzene rings is 1. The number of carbonyl (C=O) groups is 3. The van der Waals surface area contributed by atoms with Crippen LogP contribution in [-0.2, 0) is 28.6 Å². The molecule has 0 saturated carbocycles. The second kappa shape index (κ2) is 15.0. The molecule has 6 nitrogen and oxygen atoms in total. The van der Waals surface area contributed by atoms with Crippen LogP contribution in [0.4, 0.5) is 0 Å². The van der Waals surface area contributed by atoms with Crippen molar-refractivity contribution in [2.45, 2.75) is 44.3 Å². The first-order valence-electron chi connectivity index (χ1n) is 10.8. The van der Waals surface area contributed by atoms with E-state index >= 15 is 0 Å². The molecule has 1 rings (SSSR count). The molecule has 0 N–H and O–H groups in total. The molecule has 0 saturated heterocycles. The molecule has 0 amide bonds. The van der Waals surface area contributed by atoms with Gasteiger partial charge in [0.15, 0.2) is 0 Å². The maximum atomic E-state index is 11.4. The number of rotatable bonds is 16. The van der Waals surface area contributed by atoms with E-state index in [2.05, 4.69) is 44.0 Å². The van der Waals surface area contributed by atoms with E-state index in [-0.39, 0.29) is 0 Å². The van der Waals surface area contributed by atoms with Crippen LogP contribution in [-0.4, -0.2) is 45.8 Å². The summed E-state index contributed by atoms with van der Waals surface area (Å²) in [6, 6.07) is 11.2.